The molecule has 0 bridgehead atoms. The fourth-order valence-electron chi connectivity index (χ4n) is 5.33. The number of ketones is 1. The molecule has 0 radical (unpaired) electrons. The molecule has 5 rings (SSSR count). The molecule has 2 aromatic carbocycles. The minimum absolute atomic E-state index is 0.0743. The number of likely N-dealkylation sites (tertiary alicyclic amines) is 2. The highest BCUT2D eigenvalue weighted by Crippen LogP contribution is 2.34. The molecule has 0 saturated carbocycles. The Morgan fingerprint density at radius 1 is 0.929 bits per heavy atom. The number of carbonyl (C=O) groups excluding carboxylic acids is 2. The van der Waals surface area contributed by atoms with Crippen LogP contribution in [0.2, 0.25) is 0 Å². The van der Waals surface area contributed by atoms with Crippen LogP contribution in [-0.2, 0) is 17.6 Å². The molecule has 0 aromatic heterocycles. The Morgan fingerprint density at radius 2 is 1.71 bits per heavy atom. The molecular weight excluding hydrogens is 348 g/mol. The molecule has 4 nitrogen and oxygen atoms in total. The van der Waals surface area contributed by atoms with E-state index in [-0.39, 0.29) is 17.6 Å². The number of amides is 1. The van der Waals surface area contributed by atoms with Crippen molar-refractivity contribution >= 4 is 22.5 Å². The Bertz CT molecular complexity index is 919. The van der Waals surface area contributed by atoms with Crippen LogP contribution in [0.5, 0.6) is 0 Å². The highest BCUT2D eigenvalue weighted by molar-refractivity contribution is 6.11. The SMILES string of the molecule is O=C(c1ccc2c3c(cccc13)CC2)C1CCCN(C(=O)CN2CCCC2)C1. The van der Waals surface area contributed by atoms with E-state index >= 15 is 0 Å². The van der Waals surface area contributed by atoms with Gasteiger partial charge < -0.3 is 4.90 Å². The summed E-state index contributed by atoms with van der Waals surface area (Å²) >= 11 is 0. The first-order valence-corrected chi connectivity index (χ1v) is 10.8. The number of hydrogen-bond acceptors (Lipinski definition) is 3. The van der Waals surface area contributed by atoms with Gasteiger partial charge in [0, 0.05) is 24.6 Å². The van der Waals surface area contributed by atoms with Crippen LogP contribution in [0.3, 0.4) is 0 Å². The number of nitrogens with zero attached hydrogens (tertiary/aromatic N) is 2. The lowest BCUT2D eigenvalue weighted by Crippen LogP contribution is -2.46. The van der Waals surface area contributed by atoms with E-state index in [0.717, 1.165) is 56.3 Å². The second kappa shape index (κ2) is 7.32. The number of benzene rings is 2. The minimum Gasteiger partial charge on any atom is -0.341 e. The maximum Gasteiger partial charge on any atom is 0.236 e. The van der Waals surface area contributed by atoms with Crippen molar-refractivity contribution in [3.63, 3.8) is 0 Å². The van der Waals surface area contributed by atoms with Crippen LogP contribution < -0.4 is 0 Å². The molecule has 1 aliphatic carbocycles. The molecule has 4 heteroatoms. The predicted molar refractivity (Wildman–Crippen MR) is 111 cm³/mol. The zero-order chi connectivity index (χ0) is 19.1. The summed E-state index contributed by atoms with van der Waals surface area (Å²) in [7, 11) is 0. The first-order valence-electron chi connectivity index (χ1n) is 10.8. The van der Waals surface area contributed by atoms with Gasteiger partial charge in [-0.25, -0.2) is 0 Å². The van der Waals surface area contributed by atoms with Crippen molar-refractivity contribution in [2.75, 3.05) is 32.7 Å². The minimum atomic E-state index is -0.0743. The number of hydrogen-bond donors (Lipinski definition) is 0. The van der Waals surface area contributed by atoms with E-state index in [1.807, 2.05) is 11.0 Å². The zero-order valence-electron chi connectivity index (χ0n) is 16.5. The molecule has 2 saturated heterocycles. The average molecular weight is 377 g/mol. The van der Waals surface area contributed by atoms with E-state index in [4.69, 9.17) is 0 Å². The molecule has 1 amide bonds. The number of piperidine rings is 1. The third-order valence-corrected chi connectivity index (χ3v) is 6.84. The van der Waals surface area contributed by atoms with E-state index in [2.05, 4.69) is 29.2 Å². The van der Waals surface area contributed by atoms with Gasteiger partial charge >= 0.3 is 0 Å². The molecule has 1 unspecified atom stereocenters. The quantitative estimate of drug-likeness (QED) is 0.768. The van der Waals surface area contributed by atoms with Crippen molar-refractivity contribution in [3.05, 3.63) is 47.0 Å². The highest BCUT2D eigenvalue weighted by atomic mass is 16.2. The van der Waals surface area contributed by atoms with Gasteiger partial charge in [0.05, 0.1) is 6.54 Å². The molecule has 2 fully saturated rings. The molecule has 3 aliphatic rings. The summed E-state index contributed by atoms with van der Waals surface area (Å²) in [6.07, 6.45) is 6.34. The Hall–Kier alpha value is -2.20. The maximum atomic E-state index is 13.4. The van der Waals surface area contributed by atoms with Gasteiger partial charge in [-0.3, -0.25) is 14.5 Å². The average Bonchev–Trinajstić information content (AvgIpc) is 3.39. The summed E-state index contributed by atoms with van der Waals surface area (Å²) in [5, 5.41) is 2.41. The van der Waals surface area contributed by atoms with E-state index in [1.54, 1.807) is 0 Å². The van der Waals surface area contributed by atoms with Crippen LogP contribution in [0.4, 0.5) is 0 Å². The summed E-state index contributed by atoms with van der Waals surface area (Å²) < 4.78 is 0. The van der Waals surface area contributed by atoms with Crippen LogP contribution in [-0.4, -0.2) is 54.2 Å². The third-order valence-electron chi connectivity index (χ3n) is 6.84. The first kappa shape index (κ1) is 17.9. The van der Waals surface area contributed by atoms with Crippen LogP contribution in [0.1, 0.15) is 47.2 Å². The van der Waals surface area contributed by atoms with Crippen molar-refractivity contribution < 1.29 is 9.59 Å². The van der Waals surface area contributed by atoms with Crippen LogP contribution in [0.15, 0.2) is 30.3 Å². The van der Waals surface area contributed by atoms with Crippen molar-refractivity contribution in [1.82, 2.24) is 9.80 Å². The van der Waals surface area contributed by atoms with Crippen molar-refractivity contribution in [2.24, 2.45) is 5.92 Å². The lowest BCUT2D eigenvalue weighted by molar-refractivity contribution is -0.133. The van der Waals surface area contributed by atoms with Gasteiger partial charge in [-0.1, -0.05) is 30.3 Å². The van der Waals surface area contributed by atoms with Crippen LogP contribution in [0.25, 0.3) is 10.8 Å². The van der Waals surface area contributed by atoms with Gasteiger partial charge in [0.2, 0.25) is 5.91 Å². The summed E-state index contributed by atoms with van der Waals surface area (Å²) in [5.74, 6) is 0.337. The van der Waals surface area contributed by atoms with Crippen LogP contribution >= 0.6 is 0 Å². The number of carbonyl (C=O) groups is 2. The maximum absolute atomic E-state index is 13.4. The van der Waals surface area contributed by atoms with Gasteiger partial charge in [0.25, 0.3) is 0 Å². The van der Waals surface area contributed by atoms with Crippen LogP contribution in [0, 0.1) is 5.92 Å². The molecule has 0 spiro atoms. The summed E-state index contributed by atoms with van der Waals surface area (Å²) in [4.78, 5) is 30.3. The molecule has 2 aliphatic heterocycles. The lowest BCUT2D eigenvalue weighted by atomic mass is 9.87. The van der Waals surface area contributed by atoms with E-state index in [0.29, 0.717) is 13.1 Å². The first-order chi connectivity index (χ1) is 13.7. The summed E-state index contributed by atoms with van der Waals surface area (Å²) in [6.45, 7) is 3.95. The van der Waals surface area contributed by atoms with Gasteiger partial charge in [-0.15, -0.1) is 0 Å². The molecule has 2 heterocycles. The molecule has 2 aromatic rings. The smallest absolute Gasteiger partial charge is 0.236 e. The Kier molecular flexibility index (Phi) is 4.67. The van der Waals surface area contributed by atoms with Crippen molar-refractivity contribution in [3.8, 4) is 0 Å². The second-order valence-corrected chi connectivity index (χ2v) is 8.64. The van der Waals surface area contributed by atoms with E-state index in [1.165, 1.54) is 29.4 Å². The topological polar surface area (TPSA) is 40.6 Å². The normalized spacial score (nSPS) is 22.1. The Balaban J connectivity index is 1.35. The Labute approximate surface area is 166 Å². The fraction of sp³-hybridized carbons (Fsp3) is 0.500. The number of rotatable bonds is 4. The number of aryl methyl sites for hydroxylation is 2. The monoisotopic (exact) mass is 376 g/mol. The van der Waals surface area contributed by atoms with Crippen molar-refractivity contribution in [1.29, 1.82) is 0 Å². The standard InChI is InChI=1S/C24H28N2O2/c27-22(16-25-12-1-2-13-25)26-14-4-6-19(15-26)24(28)21-11-10-18-9-8-17-5-3-7-20(21)23(17)18/h3,5,7,10-11,19H,1-2,4,6,8-9,12-16H2. The largest absolute Gasteiger partial charge is 0.341 e. The number of Topliss-reactive ketones (excluding diaryl/α,β-unsaturated/α-hetero) is 1. The third kappa shape index (κ3) is 3.14. The van der Waals surface area contributed by atoms with Gasteiger partial charge in [-0.2, -0.15) is 0 Å². The summed E-state index contributed by atoms with van der Waals surface area (Å²) in [6, 6.07) is 10.5. The predicted octanol–water partition coefficient (Wildman–Crippen LogP) is 3.46. The molecule has 1 atom stereocenters. The molecule has 28 heavy (non-hydrogen) atoms. The van der Waals surface area contributed by atoms with E-state index < -0.39 is 0 Å². The van der Waals surface area contributed by atoms with E-state index in [9.17, 15) is 9.59 Å². The highest BCUT2D eigenvalue weighted by Gasteiger charge is 2.31. The van der Waals surface area contributed by atoms with Gasteiger partial charge in [0.1, 0.15) is 0 Å². The fourth-order valence-corrected chi connectivity index (χ4v) is 5.33. The lowest BCUT2D eigenvalue weighted by Gasteiger charge is -2.33. The molecule has 0 N–H and O–H groups in total. The molecule has 146 valence electrons. The second-order valence-electron chi connectivity index (χ2n) is 8.64. The zero-order valence-corrected chi connectivity index (χ0v) is 16.5. The Morgan fingerprint density at radius 3 is 2.54 bits per heavy atom. The van der Waals surface area contributed by atoms with Gasteiger partial charge in [0.15, 0.2) is 5.78 Å². The summed E-state index contributed by atoms with van der Waals surface area (Å²) in [5.41, 5.74) is 3.59. The van der Waals surface area contributed by atoms with Gasteiger partial charge in [-0.05, 0) is 73.5 Å². The van der Waals surface area contributed by atoms with Crippen molar-refractivity contribution in [2.45, 2.75) is 38.5 Å². The molecular formula is C24H28N2O2.